The number of para-hydroxylation sites is 1. The van der Waals surface area contributed by atoms with Gasteiger partial charge in [-0.3, -0.25) is 4.79 Å². The molecule has 30 heavy (non-hydrogen) atoms. The molecule has 1 aliphatic carbocycles. The summed E-state index contributed by atoms with van der Waals surface area (Å²) in [6.45, 7) is 2.40. The van der Waals surface area contributed by atoms with Crippen LogP contribution in [0.4, 0.5) is 0 Å². The van der Waals surface area contributed by atoms with Crippen molar-refractivity contribution in [3.8, 4) is 17.2 Å². The van der Waals surface area contributed by atoms with Crippen LogP contribution in [-0.4, -0.2) is 12.5 Å². The van der Waals surface area contributed by atoms with E-state index in [-0.39, 0.29) is 12.5 Å². The highest BCUT2D eigenvalue weighted by atomic mass is 16.5. The van der Waals surface area contributed by atoms with E-state index >= 15 is 0 Å². The van der Waals surface area contributed by atoms with Crippen molar-refractivity contribution in [3.63, 3.8) is 0 Å². The van der Waals surface area contributed by atoms with Gasteiger partial charge >= 0.3 is 0 Å². The number of ether oxygens (including phenoxy) is 2. The highest BCUT2D eigenvalue weighted by molar-refractivity contribution is 5.77. The van der Waals surface area contributed by atoms with Crippen molar-refractivity contribution in [3.05, 3.63) is 89.0 Å². The maximum Gasteiger partial charge on any atom is 0.258 e. The normalized spacial score (nSPS) is 12.7. The molecule has 0 saturated heterocycles. The van der Waals surface area contributed by atoms with E-state index in [0.29, 0.717) is 6.54 Å². The minimum atomic E-state index is -0.154. The van der Waals surface area contributed by atoms with Crippen molar-refractivity contribution in [1.29, 1.82) is 0 Å². The highest BCUT2D eigenvalue weighted by Crippen LogP contribution is 2.27. The van der Waals surface area contributed by atoms with Crippen LogP contribution in [0, 0.1) is 6.92 Å². The first kappa shape index (κ1) is 20.0. The quantitative estimate of drug-likeness (QED) is 0.580. The molecule has 4 rings (SSSR count). The third-order valence-corrected chi connectivity index (χ3v) is 5.36. The van der Waals surface area contributed by atoms with Gasteiger partial charge in [0.15, 0.2) is 6.61 Å². The molecule has 1 amide bonds. The Bertz CT molecular complexity index is 1010. The van der Waals surface area contributed by atoms with Crippen molar-refractivity contribution in [2.75, 3.05) is 6.61 Å². The minimum Gasteiger partial charge on any atom is -0.484 e. The lowest BCUT2D eigenvalue weighted by atomic mass is 9.92. The summed E-state index contributed by atoms with van der Waals surface area (Å²) in [6, 6.07) is 21.8. The van der Waals surface area contributed by atoms with E-state index in [1.807, 2.05) is 61.5 Å². The van der Waals surface area contributed by atoms with Gasteiger partial charge in [0.2, 0.25) is 0 Å². The molecular formula is C26H27NO3. The number of carbonyl (C=O) groups is 1. The second-order valence-corrected chi connectivity index (χ2v) is 7.73. The van der Waals surface area contributed by atoms with Gasteiger partial charge in [-0.05, 0) is 79.6 Å². The molecule has 3 aromatic carbocycles. The fraction of sp³-hybridized carbons (Fsp3) is 0.269. The van der Waals surface area contributed by atoms with E-state index < -0.39 is 0 Å². The Morgan fingerprint density at radius 2 is 1.70 bits per heavy atom. The smallest absolute Gasteiger partial charge is 0.258 e. The Morgan fingerprint density at radius 3 is 2.53 bits per heavy atom. The van der Waals surface area contributed by atoms with Crippen molar-refractivity contribution < 1.29 is 14.3 Å². The first-order chi connectivity index (χ1) is 14.7. The number of benzene rings is 3. The molecule has 0 aromatic heterocycles. The van der Waals surface area contributed by atoms with Crippen molar-refractivity contribution in [2.45, 2.75) is 39.2 Å². The summed E-state index contributed by atoms with van der Waals surface area (Å²) < 4.78 is 11.7. The zero-order valence-corrected chi connectivity index (χ0v) is 17.3. The second-order valence-electron chi connectivity index (χ2n) is 7.73. The van der Waals surface area contributed by atoms with Crippen LogP contribution in [0.3, 0.4) is 0 Å². The number of amides is 1. The van der Waals surface area contributed by atoms with E-state index in [4.69, 9.17) is 9.47 Å². The van der Waals surface area contributed by atoms with Crippen LogP contribution in [0.25, 0.3) is 0 Å². The van der Waals surface area contributed by atoms with Gasteiger partial charge in [-0.15, -0.1) is 0 Å². The monoisotopic (exact) mass is 401 g/mol. The molecule has 4 nitrogen and oxygen atoms in total. The molecule has 1 aliphatic rings. The standard InChI is InChI=1S/C26H27NO3/c1-19-11-12-22(25(15-19)30-23-9-3-2-4-10-23)17-27-26(28)18-29-24-14-13-20-7-5-6-8-21(20)16-24/h2-4,9-16H,5-8,17-18H2,1H3,(H,27,28). The Morgan fingerprint density at radius 1 is 0.900 bits per heavy atom. The van der Waals surface area contributed by atoms with Crippen molar-refractivity contribution in [2.24, 2.45) is 0 Å². The lowest BCUT2D eigenvalue weighted by molar-refractivity contribution is -0.123. The summed E-state index contributed by atoms with van der Waals surface area (Å²) in [5.41, 5.74) is 4.78. The SMILES string of the molecule is Cc1ccc(CNC(=O)COc2ccc3c(c2)CCCC3)c(Oc2ccccc2)c1. The zero-order chi connectivity index (χ0) is 20.8. The van der Waals surface area contributed by atoms with Gasteiger partial charge in [-0.2, -0.15) is 0 Å². The van der Waals surface area contributed by atoms with E-state index in [0.717, 1.165) is 41.2 Å². The average molecular weight is 402 g/mol. The number of carbonyl (C=O) groups excluding carboxylic acids is 1. The van der Waals surface area contributed by atoms with Gasteiger partial charge in [-0.25, -0.2) is 0 Å². The van der Waals surface area contributed by atoms with Crippen LogP contribution in [0.15, 0.2) is 66.7 Å². The molecule has 0 saturated carbocycles. The molecule has 0 heterocycles. The minimum absolute atomic E-state index is 0.000472. The Balaban J connectivity index is 1.33. The van der Waals surface area contributed by atoms with Crippen LogP contribution in [0.1, 0.15) is 35.1 Å². The summed E-state index contributed by atoms with van der Waals surface area (Å²) >= 11 is 0. The largest absolute Gasteiger partial charge is 0.484 e. The van der Waals surface area contributed by atoms with E-state index in [9.17, 15) is 4.79 Å². The molecule has 0 atom stereocenters. The van der Waals surface area contributed by atoms with Crippen LogP contribution in [0.2, 0.25) is 0 Å². The summed E-state index contributed by atoms with van der Waals surface area (Å²) in [4.78, 5) is 12.3. The molecule has 1 N–H and O–H groups in total. The summed E-state index contributed by atoms with van der Waals surface area (Å²) in [6.07, 6.45) is 4.71. The van der Waals surface area contributed by atoms with E-state index in [1.54, 1.807) is 0 Å². The molecule has 0 radical (unpaired) electrons. The van der Waals surface area contributed by atoms with Gasteiger partial charge in [0.05, 0.1) is 0 Å². The average Bonchev–Trinajstić information content (AvgIpc) is 2.78. The molecule has 0 spiro atoms. The number of fused-ring (bicyclic) bond motifs is 1. The Hall–Kier alpha value is -3.27. The number of rotatable bonds is 7. The zero-order valence-electron chi connectivity index (χ0n) is 17.3. The molecule has 0 bridgehead atoms. The van der Waals surface area contributed by atoms with E-state index in [1.165, 1.54) is 24.0 Å². The van der Waals surface area contributed by atoms with Crippen LogP contribution in [-0.2, 0) is 24.2 Å². The first-order valence-electron chi connectivity index (χ1n) is 10.5. The number of nitrogens with one attached hydrogen (secondary N) is 1. The molecule has 154 valence electrons. The lowest BCUT2D eigenvalue weighted by Gasteiger charge is -2.17. The van der Waals surface area contributed by atoms with Gasteiger partial charge in [0.1, 0.15) is 17.2 Å². The molecule has 0 unspecified atom stereocenters. The predicted octanol–water partition coefficient (Wildman–Crippen LogP) is 5.36. The fourth-order valence-corrected chi connectivity index (χ4v) is 3.71. The Labute approximate surface area is 177 Å². The summed E-state index contributed by atoms with van der Waals surface area (Å²) in [5, 5.41) is 2.93. The van der Waals surface area contributed by atoms with Crippen molar-refractivity contribution in [1.82, 2.24) is 5.32 Å². The summed E-state index contributed by atoms with van der Waals surface area (Å²) in [5.74, 6) is 2.12. The topological polar surface area (TPSA) is 47.6 Å². The van der Waals surface area contributed by atoms with Gasteiger partial charge in [-0.1, -0.05) is 36.4 Å². The highest BCUT2D eigenvalue weighted by Gasteiger charge is 2.12. The number of hydrogen-bond acceptors (Lipinski definition) is 3. The van der Waals surface area contributed by atoms with Crippen LogP contribution in [0.5, 0.6) is 17.2 Å². The maximum absolute atomic E-state index is 12.3. The number of aryl methyl sites for hydroxylation is 3. The van der Waals surface area contributed by atoms with Crippen LogP contribution >= 0.6 is 0 Å². The predicted molar refractivity (Wildman–Crippen MR) is 118 cm³/mol. The maximum atomic E-state index is 12.3. The molecule has 0 fully saturated rings. The first-order valence-corrected chi connectivity index (χ1v) is 10.5. The molecule has 4 heteroatoms. The molecule has 0 aliphatic heterocycles. The fourth-order valence-electron chi connectivity index (χ4n) is 3.71. The third kappa shape index (κ3) is 5.20. The molecule has 3 aromatic rings. The number of hydrogen-bond donors (Lipinski definition) is 1. The lowest BCUT2D eigenvalue weighted by Crippen LogP contribution is -2.28. The summed E-state index contributed by atoms with van der Waals surface area (Å²) in [7, 11) is 0. The third-order valence-electron chi connectivity index (χ3n) is 5.36. The second kappa shape index (κ2) is 9.49. The van der Waals surface area contributed by atoms with Gasteiger partial charge < -0.3 is 14.8 Å². The van der Waals surface area contributed by atoms with Gasteiger partial charge in [0, 0.05) is 12.1 Å². The van der Waals surface area contributed by atoms with E-state index in [2.05, 4.69) is 17.4 Å². The van der Waals surface area contributed by atoms with Crippen LogP contribution < -0.4 is 14.8 Å². The molecular weight excluding hydrogens is 374 g/mol. The van der Waals surface area contributed by atoms with Gasteiger partial charge in [0.25, 0.3) is 5.91 Å². The van der Waals surface area contributed by atoms with Crippen molar-refractivity contribution >= 4 is 5.91 Å². The Kier molecular flexibility index (Phi) is 6.33.